The highest BCUT2D eigenvalue weighted by Gasteiger charge is 2.45. The first-order valence-electron chi connectivity index (χ1n) is 12.0. The lowest BCUT2D eigenvalue weighted by Crippen LogP contribution is -2.63. The number of rotatable bonds is 8. The van der Waals surface area contributed by atoms with E-state index in [2.05, 4.69) is 65.2 Å². The van der Waals surface area contributed by atoms with E-state index in [-0.39, 0.29) is 35.0 Å². The average Bonchev–Trinajstić information content (AvgIpc) is 2.56. The number of likely N-dealkylation sites (tertiary alicyclic amines) is 2. The van der Waals surface area contributed by atoms with Gasteiger partial charge in [-0.15, -0.1) is 0 Å². The molecular formula is C25H44N2O4-2. The van der Waals surface area contributed by atoms with E-state index < -0.39 is 17.4 Å². The number of hydrogen-bond donors (Lipinski definition) is 0. The molecule has 0 saturated carbocycles. The summed E-state index contributed by atoms with van der Waals surface area (Å²) in [5, 5.41) is 24.6. The van der Waals surface area contributed by atoms with Gasteiger partial charge in [-0.3, -0.25) is 9.80 Å². The van der Waals surface area contributed by atoms with Crippen LogP contribution in [0, 0.1) is 5.41 Å². The van der Waals surface area contributed by atoms with Crippen LogP contribution in [-0.2, 0) is 9.59 Å². The molecule has 31 heavy (non-hydrogen) atoms. The maximum Gasteiger partial charge on any atom is 0.0533 e. The van der Waals surface area contributed by atoms with Gasteiger partial charge in [0.15, 0.2) is 0 Å². The summed E-state index contributed by atoms with van der Waals surface area (Å²) in [5.41, 5.74) is -2.43. The highest BCUT2D eigenvalue weighted by atomic mass is 16.4. The smallest absolute Gasteiger partial charge is 0.0533 e. The summed E-state index contributed by atoms with van der Waals surface area (Å²) in [5.74, 6) is -3.04. The monoisotopic (exact) mass is 436 g/mol. The van der Waals surface area contributed by atoms with Gasteiger partial charge >= 0.3 is 0 Å². The van der Waals surface area contributed by atoms with Crippen molar-refractivity contribution in [1.29, 1.82) is 0 Å². The van der Waals surface area contributed by atoms with E-state index in [1.807, 2.05) is 0 Å². The molecule has 2 fully saturated rings. The molecule has 0 aliphatic carbocycles. The van der Waals surface area contributed by atoms with E-state index >= 15 is 0 Å². The lowest BCUT2D eigenvalue weighted by molar-refractivity contribution is -0.345. The first-order valence-corrected chi connectivity index (χ1v) is 12.0. The molecule has 0 aromatic rings. The molecule has 6 heteroatoms. The molecule has 180 valence electrons. The third-order valence-electron chi connectivity index (χ3n) is 8.38. The van der Waals surface area contributed by atoms with Crippen molar-refractivity contribution in [3.8, 4) is 0 Å². The van der Waals surface area contributed by atoms with E-state index in [9.17, 15) is 19.8 Å². The minimum absolute atomic E-state index is 0.000770. The van der Waals surface area contributed by atoms with Gasteiger partial charge in [0, 0.05) is 35.2 Å². The minimum Gasteiger partial charge on any atom is -0.549 e. The van der Waals surface area contributed by atoms with Gasteiger partial charge in [0.25, 0.3) is 0 Å². The lowest BCUT2D eigenvalue weighted by Gasteiger charge is -2.55. The van der Waals surface area contributed by atoms with Crippen molar-refractivity contribution in [3.05, 3.63) is 0 Å². The zero-order valence-electron chi connectivity index (χ0n) is 21.1. The fraction of sp³-hybridized carbons (Fsp3) is 0.920. The van der Waals surface area contributed by atoms with E-state index in [1.54, 1.807) is 0 Å². The molecule has 2 rings (SSSR count). The Bertz CT molecular complexity index is 591. The quantitative estimate of drug-likeness (QED) is 0.543. The second kappa shape index (κ2) is 8.66. The van der Waals surface area contributed by atoms with E-state index in [1.165, 1.54) is 0 Å². The Kier molecular flexibility index (Phi) is 7.30. The predicted molar refractivity (Wildman–Crippen MR) is 119 cm³/mol. The molecule has 0 aromatic heterocycles. The van der Waals surface area contributed by atoms with Crippen molar-refractivity contribution in [3.63, 3.8) is 0 Å². The van der Waals surface area contributed by atoms with Crippen molar-refractivity contribution >= 4 is 11.9 Å². The van der Waals surface area contributed by atoms with E-state index in [4.69, 9.17) is 0 Å². The van der Waals surface area contributed by atoms with Gasteiger partial charge < -0.3 is 19.8 Å². The number of carboxylic acid groups (broad SMARTS) is 2. The Morgan fingerprint density at radius 1 is 0.645 bits per heavy atom. The molecule has 2 aliphatic heterocycles. The van der Waals surface area contributed by atoms with Gasteiger partial charge in [-0.25, -0.2) is 0 Å². The Labute approximate surface area is 189 Å². The number of piperidine rings is 2. The van der Waals surface area contributed by atoms with Crippen molar-refractivity contribution in [2.75, 3.05) is 13.1 Å². The molecule has 0 spiro atoms. The first kappa shape index (κ1) is 26.1. The van der Waals surface area contributed by atoms with Crippen LogP contribution in [0.2, 0.25) is 0 Å². The highest BCUT2D eigenvalue weighted by Crippen LogP contribution is 2.42. The van der Waals surface area contributed by atoms with Gasteiger partial charge in [-0.05, 0) is 107 Å². The van der Waals surface area contributed by atoms with Gasteiger partial charge in [0.2, 0.25) is 0 Å². The molecule has 2 saturated heterocycles. The van der Waals surface area contributed by atoms with Crippen LogP contribution in [-0.4, -0.2) is 57.0 Å². The number of aliphatic carboxylic acids is 2. The number of carbonyl (C=O) groups is 2. The number of hydrogen-bond acceptors (Lipinski definition) is 6. The van der Waals surface area contributed by atoms with Crippen LogP contribution in [0.15, 0.2) is 0 Å². The van der Waals surface area contributed by atoms with Gasteiger partial charge in [0.1, 0.15) is 0 Å². The molecule has 0 amide bonds. The Hall–Kier alpha value is -1.14. The van der Waals surface area contributed by atoms with Crippen LogP contribution >= 0.6 is 0 Å². The zero-order valence-corrected chi connectivity index (χ0v) is 21.1. The Balaban J connectivity index is 2.27. The number of carboxylic acids is 2. The second-order valence-corrected chi connectivity index (χ2v) is 12.4. The van der Waals surface area contributed by atoms with Gasteiger partial charge in [-0.1, -0.05) is 0 Å². The average molecular weight is 437 g/mol. The Morgan fingerprint density at radius 2 is 0.903 bits per heavy atom. The normalized spacial score (nSPS) is 25.8. The van der Waals surface area contributed by atoms with Crippen LogP contribution in [0.25, 0.3) is 0 Å². The summed E-state index contributed by atoms with van der Waals surface area (Å²) in [6.45, 7) is 18.1. The molecule has 6 nitrogen and oxygen atoms in total. The fourth-order valence-corrected chi connectivity index (χ4v) is 6.52. The van der Waals surface area contributed by atoms with Crippen molar-refractivity contribution < 1.29 is 19.8 Å². The van der Waals surface area contributed by atoms with Crippen LogP contribution in [0.1, 0.15) is 107 Å². The standard InChI is InChI=1S/C25H46N2O4/c1-21(2)11-9-12-22(3,4)26(21)17-15-25(19(28)29,20(30)31)16-18-27-23(5,6)13-10-14-24(27,7)8/h9-18H2,1-8H3,(H,28,29)(H,30,31)/p-2. The maximum atomic E-state index is 12.3. The Morgan fingerprint density at radius 3 is 1.13 bits per heavy atom. The summed E-state index contributed by atoms with van der Waals surface area (Å²) >= 11 is 0. The second-order valence-electron chi connectivity index (χ2n) is 12.4. The van der Waals surface area contributed by atoms with Gasteiger partial charge in [0.05, 0.1) is 17.4 Å². The molecule has 0 atom stereocenters. The first-order chi connectivity index (χ1) is 14.0. The van der Waals surface area contributed by atoms with Gasteiger partial charge in [-0.2, -0.15) is 0 Å². The predicted octanol–water partition coefficient (Wildman–Crippen LogP) is 2.34. The van der Waals surface area contributed by atoms with Crippen molar-refractivity contribution in [2.45, 2.75) is 129 Å². The number of carbonyl (C=O) groups excluding carboxylic acids is 2. The van der Waals surface area contributed by atoms with Crippen LogP contribution in [0.3, 0.4) is 0 Å². The maximum absolute atomic E-state index is 12.3. The lowest BCUT2D eigenvalue weighted by atomic mass is 9.75. The number of nitrogens with zero attached hydrogens (tertiary/aromatic N) is 2. The molecule has 0 N–H and O–H groups in total. The zero-order chi connectivity index (χ0) is 23.9. The SMILES string of the molecule is CC1(C)CCCC(C)(C)N1CCC(CCN1C(C)(C)CCCC1(C)C)(C(=O)[O-])C(=O)[O-]. The summed E-state index contributed by atoms with van der Waals surface area (Å²) in [6, 6.07) is 0. The summed E-state index contributed by atoms with van der Waals surface area (Å²) in [4.78, 5) is 29.2. The van der Waals surface area contributed by atoms with E-state index in [0.29, 0.717) is 13.1 Å². The van der Waals surface area contributed by atoms with Crippen LogP contribution in [0.5, 0.6) is 0 Å². The molecule has 0 bridgehead atoms. The van der Waals surface area contributed by atoms with Crippen LogP contribution in [0.4, 0.5) is 0 Å². The molecule has 2 heterocycles. The van der Waals surface area contributed by atoms with Crippen LogP contribution < -0.4 is 10.2 Å². The third kappa shape index (κ3) is 5.27. The molecule has 0 unspecified atom stereocenters. The van der Waals surface area contributed by atoms with Crippen molar-refractivity contribution in [2.24, 2.45) is 5.41 Å². The molecule has 2 aliphatic rings. The minimum atomic E-state index is -1.99. The summed E-state index contributed by atoms with van der Waals surface area (Å²) in [6.07, 6.45) is 6.26. The van der Waals surface area contributed by atoms with E-state index in [0.717, 1.165) is 38.5 Å². The topological polar surface area (TPSA) is 86.7 Å². The third-order valence-corrected chi connectivity index (χ3v) is 8.38. The molecular weight excluding hydrogens is 392 g/mol. The fourth-order valence-electron chi connectivity index (χ4n) is 6.52. The largest absolute Gasteiger partial charge is 0.549 e. The summed E-state index contributed by atoms with van der Waals surface area (Å²) in [7, 11) is 0. The van der Waals surface area contributed by atoms with Crippen molar-refractivity contribution in [1.82, 2.24) is 9.80 Å². The summed E-state index contributed by atoms with van der Waals surface area (Å²) < 4.78 is 0. The molecule has 0 radical (unpaired) electrons. The highest BCUT2D eigenvalue weighted by molar-refractivity contribution is 5.96. The molecule has 0 aromatic carbocycles.